The molecule has 64 heavy (non-hydrogen) atoms. The first-order chi connectivity index (χ1) is 31.5. The minimum atomic E-state index is -0.805. The van der Waals surface area contributed by atoms with Crippen molar-refractivity contribution in [3.05, 3.63) is 60.8 Å². The van der Waals surface area contributed by atoms with Crippen LogP contribution in [0.2, 0.25) is 0 Å². The summed E-state index contributed by atoms with van der Waals surface area (Å²) in [7, 11) is 0. The number of rotatable bonds is 49. The van der Waals surface area contributed by atoms with Gasteiger partial charge in [0.05, 0.1) is 0 Å². The monoisotopic (exact) mass is 895 g/mol. The molecule has 0 bridgehead atoms. The van der Waals surface area contributed by atoms with Crippen LogP contribution >= 0.6 is 0 Å². The van der Waals surface area contributed by atoms with E-state index in [9.17, 15) is 14.4 Å². The fraction of sp³-hybridized carbons (Fsp3) is 0.776. The lowest BCUT2D eigenvalue weighted by molar-refractivity contribution is -0.167. The van der Waals surface area contributed by atoms with Crippen molar-refractivity contribution in [1.82, 2.24) is 0 Å². The molecule has 0 N–H and O–H groups in total. The Bertz CT molecular complexity index is 1170. The summed E-state index contributed by atoms with van der Waals surface area (Å²) in [6.07, 6.45) is 65.1. The highest BCUT2D eigenvalue weighted by atomic mass is 16.6. The molecule has 0 heterocycles. The number of hydrogen-bond acceptors (Lipinski definition) is 6. The molecule has 0 saturated carbocycles. The molecule has 1 unspecified atom stereocenters. The number of esters is 3. The zero-order valence-electron chi connectivity index (χ0n) is 42.3. The van der Waals surface area contributed by atoms with Crippen molar-refractivity contribution in [1.29, 1.82) is 0 Å². The highest BCUT2D eigenvalue weighted by Crippen LogP contribution is 2.16. The predicted octanol–water partition coefficient (Wildman–Crippen LogP) is 18.0. The fourth-order valence-corrected chi connectivity index (χ4v) is 7.69. The molecule has 0 saturated heterocycles. The number of carbonyl (C=O) groups is 3. The van der Waals surface area contributed by atoms with Crippen molar-refractivity contribution in [2.75, 3.05) is 13.2 Å². The second-order valence-corrected chi connectivity index (χ2v) is 18.1. The van der Waals surface area contributed by atoms with E-state index in [0.29, 0.717) is 12.8 Å². The summed E-state index contributed by atoms with van der Waals surface area (Å²) >= 11 is 0. The quantitative estimate of drug-likeness (QED) is 0.0199. The van der Waals surface area contributed by atoms with Gasteiger partial charge in [0, 0.05) is 19.3 Å². The standard InChI is InChI=1S/C58H102O6/c1-4-7-10-13-16-19-22-24-26-28-29-30-32-33-36-39-42-45-48-51-57(60)63-54-55(53-62-56(59)50-47-44-41-38-35-21-18-15-12-9-6-3)64-58(61)52-49-46-43-40-37-34-31-27-25-23-20-17-14-11-8-5-2/h9,12,18,21,27,31,34,37-38,41,55H,4-8,10-11,13-17,19-20,22-26,28-30,32-33,35-36,39-40,42-54H2,1-3H3/b12-9-,21-18-,31-27-,37-34-,41-38-. The maximum atomic E-state index is 12.8. The Labute approximate surface area is 396 Å². The summed E-state index contributed by atoms with van der Waals surface area (Å²) in [6.45, 7) is 6.47. The Kier molecular flexibility index (Phi) is 50.4. The van der Waals surface area contributed by atoms with Crippen LogP contribution < -0.4 is 0 Å². The number of hydrogen-bond donors (Lipinski definition) is 0. The molecular weight excluding hydrogens is 793 g/mol. The van der Waals surface area contributed by atoms with E-state index in [1.54, 1.807) is 0 Å². The molecule has 6 heteroatoms. The summed E-state index contributed by atoms with van der Waals surface area (Å²) < 4.78 is 16.7. The van der Waals surface area contributed by atoms with E-state index in [0.717, 1.165) is 77.0 Å². The Morgan fingerprint density at radius 3 is 1.11 bits per heavy atom. The van der Waals surface area contributed by atoms with Crippen molar-refractivity contribution in [2.45, 2.75) is 277 Å². The van der Waals surface area contributed by atoms with Gasteiger partial charge in [-0.15, -0.1) is 0 Å². The lowest BCUT2D eigenvalue weighted by Gasteiger charge is -2.18. The predicted molar refractivity (Wildman–Crippen MR) is 275 cm³/mol. The molecule has 0 aliphatic heterocycles. The van der Waals surface area contributed by atoms with Crippen LogP contribution in [0.4, 0.5) is 0 Å². The van der Waals surface area contributed by atoms with Crippen LogP contribution in [0.25, 0.3) is 0 Å². The zero-order valence-corrected chi connectivity index (χ0v) is 42.3. The first-order valence-corrected chi connectivity index (χ1v) is 27.3. The second kappa shape index (κ2) is 52.7. The first kappa shape index (κ1) is 61.1. The molecule has 0 aromatic rings. The van der Waals surface area contributed by atoms with Crippen LogP contribution in [0.5, 0.6) is 0 Å². The Balaban J connectivity index is 4.38. The average Bonchev–Trinajstić information content (AvgIpc) is 3.29. The molecule has 6 nitrogen and oxygen atoms in total. The number of unbranched alkanes of at least 4 members (excludes halogenated alkanes) is 29. The lowest BCUT2D eigenvalue weighted by atomic mass is 10.0. The molecule has 370 valence electrons. The summed E-state index contributed by atoms with van der Waals surface area (Å²) in [5.74, 6) is -0.974. The third-order valence-corrected chi connectivity index (χ3v) is 11.8. The van der Waals surface area contributed by atoms with Crippen LogP contribution in [0, 0.1) is 0 Å². The van der Waals surface area contributed by atoms with Crippen LogP contribution in [0.3, 0.4) is 0 Å². The van der Waals surface area contributed by atoms with E-state index in [1.807, 2.05) is 0 Å². The van der Waals surface area contributed by atoms with E-state index < -0.39 is 6.10 Å². The van der Waals surface area contributed by atoms with Gasteiger partial charge in [0.2, 0.25) is 0 Å². The summed E-state index contributed by atoms with van der Waals surface area (Å²) in [4.78, 5) is 38.0. The first-order valence-electron chi connectivity index (χ1n) is 27.3. The average molecular weight is 895 g/mol. The number of allylic oxidation sites excluding steroid dienone is 10. The van der Waals surface area contributed by atoms with Crippen molar-refractivity contribution in [3.63, 3.8) is 0 Å². The minimum Gasteiger partial charge on any atom is -0.462 e. The topological polar surface area (TPSA) is 78.9 Å². The largest absolute Gasteiger partial charge is 0.462 e. The third-order valence-electron chi connectivity index (χ3n) is 11.8. The smallest absolute Gasteiger partial charge is 0.306 e. The molecule has 0 fully saturated rings. The zero-order chi connectivity index (χ0) is 46.5. The molecular formula is C58H102O6. The normalized spacial score (nSPS) is 12.5. The van der Waals surface area contributed by atoms with Crippen LogP contribution in [0.15, 0.2) is 60.8 Å². The molecule has 0 spiro atoms. The lowest BCUT2D eigenvalue weighted by Crippen LogP contribution is -2.30. The van der Waals surface area contributed by atoms with Crippen LogP contribution in [0.1, 0.15) is 271 Å². The summed E-state index contributed by atoms with van der Waals surface area (Å²) in [5, 5.41) is 0. The van der Waals surface area contributed by atoms with Gasteiger partial charge in [-0.25, -0.2) is 0 Å². The van der Waals surface area contributed by atoms with Gasteiger partial charge in [-0.3, -0.25) is 14.4 Å². The molecule has 0 aliphatic rings. The maximum Gasteiger partial charge on any atom is 0.306 e. The second-order valence-electron chi connectivity index (χ2n) is 18.1. The Hall–Kier alpha value is -2.89. The van der Waals surface area contributed by atoms with Gasteiger partial charge in [0.25, 0.3) is 0 Å². The van der Waals surface area contributed by atoms with Gasteiger partial charge in [-0.1, -0.05) is 242 Å². The molecule has 0 rings (SSSR count). The molecule has 0 radical (unpaired) electrons. The molecule has 0 aromatic heterocycles. The SMILES string of the molecule is CC/C=C\C/C=C\C/C=C\CCCC(=O)OCC(COC(=O)CCCCCCCCCCCCCCCCCCCCC)OC(=O)CCCCC/C=C\C=C/CCCCCCCCC. The third kappa shape index (κ3) is 50.1. The van der Waals surface area contributed by atoms with E-state index in [1.165, 1.54) is 148 Å². The molecule has 0 amide bonds. The van der Waals surface area contributed by atoms with Crippen molar-refractivity contribution in [3.8, 4) is 0 Å². The van der Waals surface area contributed by atoms with E-state index >= 15 is 0 Å². The van der Waals surface area contributed by atoms with Gasteiger partial charge < -0.3 is 14.2 Å². The van der Waals surface area contributed by atoms with Crippen LogP contribution in [-0.2, 0) is 28.6 Å². The maximum absolute atomic E-state index is 12.8. The van der Waals surface area contributed by atoms with Gasteiger partial charge in [-0.05, 0) is 70.6 Å². The molecule has 0 aromatic carbocycles. The van der Waals surface area contributed by atoms with E-state index in [4.69, 9.17) is 14.2 Å². The van der Waals surface area contributed by atoms with Crippen LogP contribution in [-0.4, -0.2) is 37.2 Å². The van der Waals surface area contributed by atoms with Gasteiger partial charge in [0.15, 0.2) is 6.10 Å². The Morgan fingerprint density at radius 2 is 0.672 bits per heavy atom. The molecule has 1 atom stereocenters. The van der Waals surface area contributed by atoms with Crippen molar-refractivity contribution >= 4 is 17.9 Å². The summed E-state index contributed by atoms with van der Waals surface area (Å²) in [6, 6.07) is 0. The minimum absolute atomic E-state index is 0.0985. The van der Waals surface area contributed by atoms with Crippen molar-refractivity contribution < 1.29 is 28.6 Å². The summed E-state index contributed by atoms with van der Waals surface area (Å²) in [5.41, 5.74) is 0. The number of ether oxygens (including phenoxy) is 3. The highest BCUT2D eigenvalue weighted by Gasteiger charge is 2.19. The molecule has 0 aliphatic carbocycles. The Morgan fingerprint density at radius 1 is 0.344 bits per heavy atom. The van der Waals surface area contributed by atoms with Gasteiger partial charge in [-0.2, -0.15) is 0 Å². The van der Waals surface area contributed by atoms with Gasteiger partial charge in [0.1, 0.15) is 13.2 Å². The van der Waals surface area contributed by atoms with Crippen molar-refractivity contribution in [2.24, 2.45) is 0 Å². The highest BCUT2D eigenvalue weighted by molar-refractivity contribution is 5.71. The van der Waals surface area contributed by atoms with Gasteiger partial charge >= 0.3 is 17.9 Å². The fourth-order valence-electron chi connectivity index (χ4n) is 7.69. The van der Waals surface area contributed by atoms with E-state index in [2.05, 4.69) is 81.5 Å². The van der Waals surface area contributed by atoms with E-state index in [-0.39, 0.29) is 44.0 Å². The number of carbonyl (C=O) groups excluding carboxylic acids is 3.